The molecule has 0 spiro atoms. The Kier molecular flexibility index (Phi) is 10.8. The highest BCUT2D eigenvalue weighted by Gasteiger charge is 2.07. The molecule has 0 radical (unpaired) electrons. The number of ether oxygens (including phenoxy) is 1. The van der Waals surface area contributed by atoms with Crippen molar-refractivity contribution < 1.29 is 18.7 Å². The Morgan fingerprint density at radius 1 is 0.885 bits per heavy atom. The molecule has 0 fully saturated rings. The van der Waals surface area contributed by atoms with E-state index in [-0.39, 0.29) is 16.9 Å². The van der Waals surface area contributed by atoms with Gasteiger partial charge in [0.15, 0.2) is 11.6 Å². The minimum atomic E-state index is -0.409. The Balaban J connectivity index is 0.000000263. The number of hydrogen-bond donors (Lipinski definition) is 0. The van der Waals surface area contributed by atoms with Crippen LogP contribution in [0.3, 0.4) is 0 Å². The van der Waals surface area contributed by atoms with Gasteiger partial charge in [-0.2, -0.15) is 0 Å². The zero-order valence-electron chi connectivity index (χ0n) is 13.7. The number of ketones is 2. The molecule has 140 valence electrons. The van der Waals surface area contributed by atoms with Crippen LogP contribution in [-0.2, 0) is 0 Å². The molecule has 0 atom stereocenters. The maximum Gasteiger partial charge on any atom is 0.173 e. The molecule has 0 saturated carbocycles. The number of hydrogen-bond acceptors (Lipinski definition) is 3. The molecule has 8 heteroatoms. The first-order valence-corrected chi connectivity index (χ1v) is 11.2. The molecular formula is C18H15Br4FO3. The van der Waals surface area contributed by atoms with Crippen LogP contribution in [-0.4, -0.2) is 28.8 Å². The van der Waals surface area contributed by atoms with Crippen molar-refractivity contribution in [2.75, 3.05) is 17.3 Å². The molecule has 0 bridgehead atoms. The van der Waals surface area contributed by atoms with E-state index >= 15 is 0 Å². The van der Waals surface area contributed by atoms with Gasteiger partial charge in [-0.05, 0) is 43.3 Å². The van der Waals surface area contributed by atoms with Crippen LogP contribution in [0.15, 0.2) is 45.3 Å². The predicted molar refractivity (Wildman–Crippen MR) is 116 cm³/mol. The van der Waals surface area contributed by atoms with E-state index in [9.17, 15) is 14.0 Å². The smallest absolute Gasteiger partial charge is 0.173 e. The normalized spacial score (nSPS) is 9.92. The Morgan fingerprint density at radius 2 is 1.38 bits per heavy atom. The SMILES string of the molecule is CCOc1cc(Br)cc(C(=O)CBr)c1.O=C(CBr)c1cc(F)cc(Br)c1. The summed E-state index contributed by atoms with van der Waals surface area (Å²) in [5.74, 6) is 0.224. The van der Waals surface area contributed by atoms with Crippen molar-refractivity contribution in [1.29, 1.82) is 0 Å². The number of benzene rings is 2. The van der Waals surface area contributed by atoms with E-state index in [2.05, 4.69) is 63.7 Å². The maximum absolute atomic E-state index is 12.7. The Bertz CT molecular complexity index is 761. The third kappa shape index (κ3) is 7.98. The molecule has 3 nitrogen and oxygen atoms in total. The fourth-order valence-corrected chi connectivity index (χ4v) is 3.43. The molecular weight excluding hydrogens is 603 g/mol. The second-order valence-electron chi connectivity index (χ2n) is 4.88. The number of rotatable bonds is 6. The van der Waals surface area contributed by atoms with Crippen molar-refractivity contribution in [3.8, 4) is 5.75 Å². The van der Waals surface area contributed by atoms with E-state index in [1.165, 1.54) is 12.1 Å². The van der Waals surface area contributed by atoms with Crippen LogP contribution in [0.25, 0.3) is 0 Å². The fourth-order valence-electron chi connectivity index (χ4n) is 1.84. The molecule has 0 unspecified atom stereocenters. The first-order valence-electron chi connectivity index (χ1n) is 7.38. The first-order chi connectivity index (χ1) is 12.3. The summed E-state index contributed by atoms with van der Waals surface area (Å²) in [5, 5.41) is 0.540. The second kappa shape index (κ2) is 12.0. The molecule has 0 amide bonds. The molecule has 0 heterocycles. The Hall–Kier alpha value is -0.570. The van der Waals surface area contributed by atoms with Crippen molar-refractivity contribution in [2.45, 2.75) is 6.92 Å². The highest BCUT2D eigenvalue weighted by Crippen LogP contribution is 2.22. The first kappa shape index (κ1) is 23.5. The molecule has 0 aliphatic rings. The van der Waals surface area contributed by atoms with Crippen LogP contribution < -0.4 is 4.74 Å². The molecule has 26 heavy (non-hydrogen) atoms. The van der Waals surface area contributed by atoms with Gasteiger partial charge in [0, 0.05) is 20.1 Å². The number of alkyl halides is 2. The zero-order chi connectivity index (χ0) is 19.7. The summed E-state index contributed by atoms with van der Waals surface area (Å²) < 4.78 is 19.5. The van der Waals surface area contributed by atoms with E-state index in [4.69, 9.17) is 4.74 Å². The van der Waals surface area contributed by atoms with E-state index in [0.29, 0.717) is 33.3 Å². The third-order valence-corrected chi connectivity index (χ3v) is 4.87. The second-order valence-corrected chi connectivity index (χ2v) is 7.83. The molecule has 0 aromatic heterocycles. The van der Waals surface area contributed by atoms with Crippen LogP contribution in [0.5, 0.6) is 5.75 Å². The van der Waals surface area contributed by atoms with Crippen LogP contribution in [0.4, 0.5) is 4.39 Å². The summed E-state index contributed by atoms with van der Waals surface area (Å²) in [4.78, 5) is 22.5. The molecule has 0 N–H and O–H groups in total. The molecule has 2 rings (SSSR count). The summed E-state index contributed by atoms with van der Waals surface area (Å²) in [7, 11) is 0. The summed E-state index contributed by atoms with van der Waals surface area (Å²) in [5.41, 5.74) is 1.03. The summed E-state index contributed by atoms with van der Waals surface area (Å²) in [6.07, 6.45) is 0. The number of carbonyl (C=O) groups is 2. The van der Waals surface area contributed by atoms with Gasteiger partial charge in [-0.15, -0.1) is 0 Å². The van der Waals surface area contributed by atoms with Gasteiger partial charge in [0.2, 0.25) is 0 Å². The lowest BCUT2D eigenvalue weighted by Crippen LogP contribution is -2.01. The lowest BCUT2D eigenvalue weighted by Gasteiger charge is -2.05. The van der Waals surface area contributed by atoms with E-state index < -0.39 is 5.82 Å². The average molecular weight is 618 g/mol. The third-order valence-electron chi connectivity index (χ3n) is 2.93. The quantitative estimate of drug-likeness (QED) is 0.271. The summed E-state index contributed by atoms with van der Waals surface area (Å²) in [6, 6.07) is 9.49. The van der Waals surface area contributed by atoms with Gasteiger partial charge in [0.25, 0.3) is 0 Å². The summed E-state index contributed by atoms with van der Waals surface area (Å²) >= 11 is 12.6. The highest BCUT2D eigenvalue weighted by atomic mass is 79.9. The lowest BCUT2D eigenvalue weighted by molar-refractivity contribution is 0.101. The van der Waals surface area contributed by atoms with Crippen LogP contribution >= 0.6 is 63.7 Å². The van der Waals surface area contributed by atoms with Gasteiger partial charge >= 0.3 is 0 Å². The molecule has 2 aromatic rings. The minimum absolute atomic E-state index is 0.0484. The Morgan fingerprint density at radius 3 is 1.85 bits per heavy atom. The fraction of sp³-hybridized carbons (Fsp3) is 0.222. The highest BCUT2D eigenvalue weighted by molar-refractivity contribution is 9.11. The number of carbonyl (C=O) groups excluding carboxylic acids is 2. The van der Waals surface area contributed by atoms with Gasteiger partial charge < -0.3 is 4.74 Å². The van der Waals surface area contributed by atoms with E-state index in [1.54, 1.807) is 18.2 Å². The van der Waals surface area contributed by atoms with Gasteiger partial charge in [0.05, 0.1) is 17.3 Å². The molecule has 0 aliphatic heterocycles. The van der Waals surface area contributed by atoms with Crippen LogP contribution in [0.2, 0.25) is 0 Å². The van der Waals surface area contributed by atoms with Crippen molar-refractivity contribution in [3.63, 3.8) is 0 Å². The van der Waals surface area contributed by atoms with Gasteiger partial charge in [-0.25, -0.2) is 4.39 Å². The van der Waals surface area contributed by atoms with E-state index in [1.807, 2.05) is 13.0 Å². The van der Waals surface area contributed by atoms with Crippen molar-refractivity contribution >= 4 is 75.3 Å². The minimum Gasteiger partial charge on any atom is -0.494 e. The topological polar surface area (TPSA) is 43.4 Å². The van der Waals surface area contributed by atoms with Crippen molar-refractivity contribution in [2.24, 2.45) is 0 Å². The maximum atomic E-state index is 12.7. The largest absolute Gasteiger partial charge is 0.494 e. The number of halogens is 5. The van der Waals surface area contributed by atoms with Gasteiger partial charge in [0.1, 0.15) is 11.6 Å². The zero-order valence-corrected chi connectivity index (χ0v) is 20.0. The molecule has 0 aliphatic carbocycles. The number of Topliss-reactive ketones (excluding diaryl/α,β-unsaturated/α-hetero) is 2. The van der Waals surface area contributed by atoms with E-state index in [0.717, 1.165) is 4.47 Å². The van der Waals surface area contributed by atoms with Crippen molar-refractivity contribution in [1.82, 2.24) is 0 Å². The summed E-state index contributed by atoms with van der Waals surface area (Å²) in [6.45, 7) is 2.51. The molecule has 2 aromatic carbocycles. The van der Waals surface area contributed by atoms with Crippen LogP contribution in [0, 0.1) is 5.82 Å². The van der Waals surface area contributed by atoms with Gasteiger partial charge in [-0.3, -0.25) is 9.59 Å². The standard InChI is InChI=1S/C10H10Br2O2.C8H5Br2FO/c1-2-14-9-4-7(10(13)6-11)3-8(12)5-9;9-4-8(12)5-1-6(10)3-7(11)2-5/h3-5H,2,6H2,1H3;1-3H,4H2. The average Bonchev–Trinajstić information content (AvgIpc) is 2.59. The lowest BCUT2D eigenvalue weighted by atomic mass is 10.1. The monoisotopic (exact) mass is 614 g/mol. The molecule has 0 saturated heterocycles. The predicted octanol–water partition coefficient (Wildman–Crippen LogP) is 6.59. The van der Waals surface area contributed by atoms with Gasteiger partial charge in [-0.1, -0.05) is 63.7 Å². The Labute approximate surface area is 185 Å². The van der Waals surface area contributed by atoms with Crippen molar-refractivity contribution in [3.05, 3.63) is 62.3 Å². The van der Waals surface area contributed by atoms with Crippen LogP contribution in [0.1, 0.15) is 27.6 Å².